The van der Waals surface area contributed by atoms with Gasteiger partial charge in [-0.05, 0) is 13.8 Å². The third kappa shape index (κ3) is 1.82. The summed E-state index contributed by atoms with van der Waals surface area (Å²) in [5, 5.41) is 16.3. The highest BCUT2D eigenvalue weighted by Crippen LogP contribution is 2.25. The normalized spacial score (nSPS) is 13.4. The van der Waals surface area contributed by atoms with Gasteiger partial charge in [0.1, 0.15) is 12.4 Å². The number of imidazole rings is 1. The van der Waals surface area contributed by atoms with Gasteiger partial charge in [-0.15, -0.1) is 5.11 Å². The number of allylic oxidation sites excluding steroid dienone is 1. The standard InChI is InChI=1S/C10H10N6O2/c1-3-18-10(17)8-6(2)16-5-12-7(4-11)9(16)14-15-13-8/h5H,3H2,1-2H3,(H,13,14). The summed E-state index contributed by atoms with van der Waals surface area (Å²) >= 11 is 0. The molecule has 0 atom stereocenters. The average molecular weight is 246 g/mol. The lowest BCUT2D eigenvalue weighted by molar-refractivity contribution is -0.138. The SMILES string of the molecule is CCOC(=O)C1=C(C)n2cnc(C#N)c2N=NN1. The molecule has 0 unspecified atom stereocenters. The molecule has 1 N–H and O–H groups in total. The number of hydrogen-bond acceptors (Lipinski definition) is 7. The largest absolute Gasteiger partial charge is 0.461 e. The Balaban J connectivity index is 2.51. The number of esters is 1. The van der Waals surface area contributed by atoms with E-state index in [1.165, 1.54) is 10.9 Å². The van der Waals surface area contributed by atoms with Gasteiger partial charge in [0, 0.05) is 0 Å². The quantitative estimate of drug-likeness (QED) is 0.787. The maximum absolute atomic E-state index is 11.7. The number of carbonyl (C=O) groups excluding carboxylic acids is 1. The minimum Gasteiger partial charge on any atom is -0.461 e. The number of nitrogens with one attached hydrogen (secondary N) is 1. The first-order valence-corrected chi connectivity index (χ1v) is 5.21. The van der Waals surface area contributed by atoms with E-state index in [9.17, 15) is 4.79 Å². The molecule has 8 nitrogen and oxygen atoms in total. The van der Waals surface area contributed by atoms with Crippen molar-refractivity contribution >= 4 is 17.5 Å². The lowest BCUT2D eigenvalue weighted by atomic mass is 10.3. The highest BCUT2D eigenvalue weighted by molar-refractivity contribution is 5.94. The van der Waals surface area contributed by atoms with E-state index < -0.39 is 5.97 Å². The second-order valence-corrected chi connectivity index (χ2v) is 3.39. The molecular formula is C10H10N6O2. The highest BCUT2D eigenvalue weighted by Gasteiger charge is 2.21. The van der Waals surface area contributed by atoms with Crippen molar-refractivity contribution in [2.45, 2.75) is 13.8 Å². The first-order chi connectivity index (χ1) is 8.69. The van der Waals surface area contributed by atoms with Gasteiger partial charge < -0.3 is 4.74 Å². The maximum atomic E-state index is 11.7. The summed E-state index contributed by atoms with van der Waals surface area (Å²) in [5.41, 5.74) is 3.33. The molecule has 0 spiro atoms. The number of fused-ring (bicyclic) bond motifs is 1. The van der Waals surface area contributed by atoms with E-state index in [2.05, 4.69) is 20.7 Å². The Hall–Kier alpha value is -2.69. The van der Waals surface area contributed by atoms with Crippen molar-refractivity contribution in [3.63, 3.8) is 0 Å². The molecule has 1 aliphatic heterocycles. The van der Waals surface area contributed by atoms with Gasteiger partial charge in [0.15, 0.2) is 17.2 Å². The van der Waals surface area contributed by atoms with Crippen molar-refractivity contribution in [2.24, 2.45) is 10.3 Å². The lowest BCUT2D eigenvalue weighted by Crippen LogP contribution is -2.19. The van der Waals surface area contributed by atoms with Gasteiger partial charge in [0.2, 0.25) is 0 Å². The molecule has 18 heavy (non-hydrogen) atoms. The molecule has 0 aromatic carbocycles. The van der Waals surface area contributed by atoms with Crippen molar-refractivity contribution in [1.82, 2.24) is 15.0 Å². The molecule has 1 aromatic heterocycles. The predicted molar refractivity (Wildman–Crippen MR) is 60.1 cm³/mol. The van der Waals surface area contributed by atoms with Crippen molar-refractivity contribution in [2.75, 3.05) is 6.61 Å². The Labute approximate surface area is 103 Å². The van der Waals surface area contributed by atoms with Crippen molar-refractivity contribution in [3.8, 4) is 6.07 Å². The van der Waals surface area contributed by atoms with Crippen LogP contribution in [0.4, 0.5) is 5.82 Å². The average Bonchev–Trinajstić information content (AvgIpc) is 2.69. The number of nitriles is 1. The fourth-order valence-electron chi connectivity index (χ4n) is 1.48. The minimum absolute atomic E-state index is 0.144. The Morgan fingerprint density at radius 2 is 2.44 bits per heavy atom. The van der Waals surface area contributed by atoms with Crippen LogP contribution in [0.25, 0.3) is 5.70 Å². The van der Waals surface area contributed by atoms with Crippen LogP contribution < -0.4 is 5.43 Å². The molecule has 1 aromatic rings. The Bertz CT molecular complexity index is 592. The molecule has 2 rings (SSSR count). The molecule has 0 saturated carbocycles. The van der Waals surface area contributed by atoms with Crippen LogP contribution in [-0.2, 0) is 9.53 Å². The third-order valence-corrected chi connectivity index (χ3v) is 2.36. The van der Waals surface area contributed by atoms with E-state index in [1.54, 1.807) is 13.8 Å². The van der Waals surface area contributed by atoms with Crippen LogP contribution in [-0.4, -0.2) is 22.1 Å². The lowest BCUT2D eigenvalue weighted by Gasteiger charge is -2.08. The van der Waals surface area contributed by atoms with E-state index in [1.807, 2.05) is 6.07 Å². The predicted octanol–water partition coefficient (Wildman–Crippen LogP) is 1.11. The molecule has 92 valence electrons. The van der Waals surface area contributed by atoms with E-state index in [0.29, 0.717) is 5.70 Å². The molecule has 0 saturated heterocycles. The van der Waals surface area contributed by atoms with Crippen LogP contribution in [0.2, 0.25) is 0 Å². The van der Waals surface area contributed by atoms with Gasteiger partial charge in [-0.1, -0.05) is 5.22 Å². The molecule has 8 heteroatoms. The van der Waals surface area contributed by atoms with Gasteiger partial charge >= 0.3 is 5.97 Å². The number of ether oxygens (including phenoxy) is 1. The minimum atomic E-state index is -0.533. The summed E-state index contributed by atoms with van der Waals surface area (Å²) in [6.07, 6.45) is 1.41. The zero-order chi connectivity index (χ0) is 13.1. The first-order valence-electron chi connectivity index (χ1n) is 5.21. The summed E-state index contributed by atoms with van der Waals surface area (Å²) in [6.45, 7) is 3.65. The van der Waals surface area contributed by atoms with Crippen LogP contribution in [0, 0.1) is 11.3 Å². The zero-order valence-electron chi connectivity index (χ0n) is 9.84. The Kier molecular flexibility index (Phi) is 3.05. The molecule has 0 aliphatic carbocycles. The zero-order valence-corrected chi connectivity index (χ0v) is 9.84. The monoisotopic (exact) mass is 246 g/mol. The maximum Gasteiger partial charge on any atom is 0.358 e. The van der Waals surface area contributed by atoms with E-state index in [-0.39, 0.29) is 23.8 Å². The van der Waals surface area contributed by atoms with Gasteiger partial charge in [0.25, 0.3) is 0 Å². The van der Waals surface area contributed by atoms with Crippen molar-refractivity contribution < 1.29 is 9.53 Å². The number of hydrogen-bond donors (Lipinski definition) is 1. The first kappa shape index (κ1) is 11.8. The highest BCUT2D eigenvalue weighted by atomic mass is 16.5. The smallest absolute Gasteiger partial charge is 0.358 e. The molecule has 2 heterocycles. The van der Waals surface area contributed by atoms with Gasteiger partial charge in [-0.3, -0.25) is 9.99 Å². The van der Waals surface area contributed by atoms with E-state index >= 15 is 0 Å². The van der Waals surface area contributed by atoms with Crippen LogP contribution >= 0.6 is 0 Å². The molecule has 0 amide bonds. The summed E-state index contributed by atoms with van der Waals surface area (Å²) in [7, 11) is 0. The Morgan fingerprint density at radius 1 is 1.67 bits per heavy atom. The Morgan fingerprint density at radius 3 is 3.11 bits per heavy atom. The third-order valence-electron chi connectivity index (χ3n) is 2.36. The molecule has 0 radical (unpaired) electrons. The second kappa shape index (κ2) is 4.67. The number of rotatable bonds is 2. The van der Waals surface area contributed by atoms with Crippen molar-refractivity contribution in [1.29, 1.82) is 5.26 Å². The van der Waals surface area contributed by atoms with Gasteiger partial charge in [-0.25, -0.2) is 9.78 Å². The van der Waals surface area contributed by atoms with E-state index in [4.69, 9.17) is 10.00 Å². The number of nitrogens with zero attached hydrogens (tertiary/aromatic N) is 5. The topological polar surface area (TPSA) is 105 Å². The van der Waals surface area contributed by atoms with Crippen LogP contribution in [0.1, 0.15) is 19.5 Å². The van der Waals surface area contributed by atoms with Gasteiger partial charge in [0.05, 0.1) is 12.3 Å². The second-order valence-electron chi connectivity index (χ2n) is 3.39. The van der Waals surface area contributed by atoms with Crippen LogP contribution in [0.5, 0.6) is 0 Å². The van der Waals surface area contributed by atoms with Gasteiger partial charge in [-0.2, -0.15) is 5.26 Å². The van der Waals surface area contributed by atoms with Crippen molar-refractivity contribution in [3.05, 3.63) is 17.7 Å². The molecule has 0 bridgehead atoms. The summed E-state index contributed by atoms with van der Waals surface area (Å²) in [4.78, 5) is 15.6. The van der Waals surface area contributed by atoms with Crippen LogP contribution in [0.15, 0.2) is 22.4 Å². The summed E-state index contributed by atoms with van der Waals surface area (Å²) in [6, 6.07) is 1.90. The summed E-state index contributed by atoms with van der Waals surface area (Å²) in [5.74, 6) is -0.254. The molecule has 0 fully saturated rings. The molecule has 1 aliphatic rings. The number of carbonyl (C=O) groups is 1. The van der Waals surface area contributed by atoms with Crippen LogP contribution in [0.3, 0.4) is 0 Å². The number of aromatic nitrogens is 2. The fourth-order valence-corrected chi connectivity index (χ4v) is 1.48. The summed E-state index contributed by atoms with van der Waals surface area (Å²) < 4.78 is 6.40. The van der Waals surface area contributed by atoms with E-state index in [0.717, 1.165) is 0 Å². The fraction of sp³-hybridized carbons (Fsp3) is 0.300. The molecular weight excluding hydrogens is 236 g/mol.